The second kappa shape index (κ2) is 4.81. The van der Waals surface area contributed by atoms with Crippen LogP contribution in [0.15, 0.2) is 0 Å². The van der Waals surface area contributed by atoms with Crippen molar-refractivity contribution < 1.29 is 9.53 Å². The molecule has 3 aliphatic rings. The van der Waals surface area contributed by atoms with Gasteiger partial charge in [0, 0.05) is 12.3 Å². The standard InChI is InChI=1S/C12H18O2S2/c13-11-6-8-2-3-10(14-11)9(8)7-12-15-4-1-5-16-12/h8-10,12H,1-7H2. The predicted octanol–water partition coefficient (Wildman–Crippen LogP) is 2.91. The SMILES string of the molecule is O=C1CC2CCC(O1)C2CC1SCCCS1. The molecule has 0 amide bonds. The third kappa shape index (κ3) is 2.23. The molecule has 0 aromatic heterocycles. The Hall–Kier alpha value is 0.170. The normalized spacial score (nSPS) is 39.8. The lowest BCUT2D eigenvalue weighted by Gasteiger charge is -2.33. The van der Waals surface area contributed by atoms with Crippen molar-refractivity contribution in [2.45, 2.75) is 42.8 Å². The van der Waals surface area contributed by atoms with Gasteiger partial charge in [-0.25, -0.2) is 0 Å². The maximum absolute atomic E-state index is 11.3. The van der Waals surface area contributed by atoms with E-state index in [-0.39, 0.29) is 12.1 Å². The summed E-state index contributed by atoms with van der Waals surface area (Å²) in [5.74, 6) is 3.99. The maximum Gasteiger partial charge on any atom is 0.306 e. The Balaban J connectivity index is 1.60. The molecule has 2 heterocycles. The molecule has 0 radical (unpaired) electrons. The number of carbonyl (C=O) groups excluding carboxylic acids is 1. The van der Waals surface area contributed by atoms with Crippen LogP contribution in [0, 0.1) is 11.8 Å². The summed E-state index contributed by atoms with van der Waals surface area (Å²) in [6, 6.07) is 0. The van der Waals surface area contributed by atoms with Gasteiger partial charge in [-0.1, -0.05) is 0 Å². The minimum absolute atomic E-state index is 0.0488. The zero-order valence-electron chi connectivity index (χ0n) is 9.39. The lowest BCUT2D eigenvalue weighted by atomic mass is 9.88. The van der Waals surface area contributed by atoms with E-state index in [1.807, 2.05) is 0 Å². The lowest BCUT2D eigenvalue weighted by Crippen LogP contribution is -2.34. The van der Waals surface area contributed by atoms with Gasteiger partial charge in [-0.3, -0.25) is 4.79 Å². The molecule has 1 aliphatic carbocycles. The van der Waals surface area contributed by atoms with Crippen LogP contribution in [0.1, 0.15) is 32.1 Å². The largest absolute Gasteiger partial charge is 0.462 e. The predicted molar refractivity (Wildman–Crippen MR) is 68.6 cm³/mol. The van der Waals surface area contributed by atoms with Gasteiger partial charge in [0.15, 0.2) is 0 Å². The van der Waals surface area contributed by atoms with Gasteiger partial charge in [-0.05, 0) is 43.1 Å². The number of rotatable bonds is 2. The summed E-state index contributed by atoms with van der Waals surface area (Å²) in [5.41, 5.74) is 0. The first-order chi connectivity index (χ1) is 7.83. The smallest absolute Gasteiger partial charge is 0.306 e. The van der Waals surface area contributed by atoms with Gasteiger partial charge >= 0.3 is 5.97 Å². The van der Waals surface area contributed by atoms with Crippen molar-refractivity contribution >= 4 is 29.5 Å². The summed E-state index contributed by atoms with van der Waals surface area (Å²) in [4.78, 5) is 11.3. The first kappa shape index (κ1) is 11.3. The first-order valence-corrected chi connectivity index (χ1v) is 8.35. The van der Waals surface area contributed by atoms with Crippen LogP contribution < -0.4 is 0 Å². The van der Waals surface area contributed by atoms with E-state index in [0.717, 1.165) is 11.0 Å². The van der Waals surface area contributed by atoms with E-state index in [2.05, 4.69) is 23.5 Å². The Kier molecular flexibility index (Phi) is 3.39. The van der Waals surface area contributed by atoms with E-state index in [1.54, 1.807) is 0 Å². The highest BCUT2D eigenvalue weighted by Crippen LogP contribution is 2.46. The Morgan fingerprint density at radius 2 is 2.06 bits per heavy atom. The quantitative estimate of drug-likeness (QED) is 0.711. The number of hydrogen-bond acceptors (Lipinski definition) is 4. The second-order valence-electron chi connectivity index (χ2n) is 4.99. The van der Waals surface area contributed by atoms with Gasteiger partial charge in [0.2, 0.25) is 0 Å². The minimum Gasteiger partial charge on any atom is -0.462 e. The third-order valence-electron chi connectivity index (χ3n) is 3.98. The summed E-state index contributed by atoms with van der Waals surface area (Å²) in [7, 11) is 0. The highest BCUT2D eigenvalue weighted by atomic mass is 32.2. The topological polar surface area (TPSA) is 26.3 Å². The average Bonchev–Trinajstić information content (AvgIpc) is 2.54. The van der Waals surface area contributed by atoms with Gasteiger partial charge in [-0.15, -0.1) is 23.5 Å². The highest BCUT2D eigenvalue weighted by molar-refractivity contribution is 8.17. The van der Waals surface area contributed by atoms with E-state index in [1.165, 1.54) is 30.8 Å². The monoisotopic (exact) mass is 258 g/mol. The number of carbonyl (C=O) groups is 1. The number of thioether (sulfide) groups is 2. The van der Waals surface area contributed by atoms with Crippen LogP contribution >= 0.6 is 23.5 Å². The van der Waals surface area contributed by atoms with E-state index in [4.69, 9.17) is 4.74 Å². The average molecular weight is 258 g/mol. The molecule has 3 unspecified atom stereocenters. The second-order valence-corrected chi connectivity index (χ2v) is 7.91. The summed E-state index contributed by atoms with van der Waals surface area (Å²) >= 11 is 4.22. The molecule has 0 N–H and O–H groups in total. The molecule has 90 valence electrons. The van der Waals surface area contributed by atoms with Gasteiger partial charge < -0.3 is 4.74 Å². The van der Waals surface area contributed by atoms with Crippen LogP contribution in [0.25, 0.3) is 0 Å². The zero-order chi connectivity index (χ0) is 11.0. The molecule has 4 heteroatoms. The fourth-order valence-corrected chi connectivity index (χ4v) is 6.19. The number of esters is 1. The molecule has 0 aromatic rings. The Morgan fingerprint density at radius 3 is 2.81 bits per heavy atom. The minimum atomic E-state index is 0.0488. The van der Waals surface area contributed by atoms with Crippen molar-refractivity contribution in [2.75, 3.05) is 11.5 Å². The molecule has 0 spiro atoms. The van der Waals surface area contributed by atoms with Crippen molar-refractivity contribution in [1.82, 2.24) is 0 Å². The number of fused-ring (bicyclic) bond motifs is 2. The Bertz CT molecular complexity index is 260. The zero-order valence-corrected chi connectivity index (χ0v) is 11.0. The molecule has 3 atom stereocenters. The maximum atomic E-state index is 11.3. The van der Waals surface area contributed by atoms with Crippen molar-refractivity contribution in [3.05, 3.63) is 0 Å². The highest BCUT2D eigenvalue weighted by Gasteiger charge is 2.44. The van der Waals surface area contributed by atoms with Gasteiger partial charge in [-0.2, -0.15) is 0 Å². The van der Waals surface area contributed by atoms with Gasteiger partial charge in [0.05, 0.1) is 4.58 Å². The fraction of sp³-hybridized carbons (Fsp3) is 0.917. The van der Waals surface area contributed by atoms with E-state index in [0.29, 0.717) is 18.3 Å². The fourth-order valence-electron chi connectivity index (χ4n) is 3.18. The molecule has 3 rings (SSSR count). The van der Waals surface area contributed by atoms with E-state index >= 15 is 0 Å². The molecule has 2 saturated heterocycles. The number of hydrogen-bond donors (Lipinski definition) is 0. The summed E-state index contributed by atoms with van der Waals surface area (Å²) in [5, 5.41) is 0. The van der Waals surface area contributed by atoms with Crippen LogP contribution in [0.2, 0.25) is 0 Å². The molecular weight excluding hydrogens is 240 g/mol. The first-order valence-electron chi connectivity index (χ1n) is 6.25. The van der Waals surface area contributed by atoms with Crippen molar-refractivity contribution in [2.24, 2.45) is 11.8 Å². The van der Waals surface area contributed by atoms with Crippen molar-refractivity contribution in [3.8, 4) is 0 Å². The lowest BCUT2D eigenvalue weighted by molar-refractivity contribution is -0.157. The summed E-state index contributed by atoms with van der Waals surface area (Å²) in [6.45, 7) is 0. The van der Waals surface area contributed by atoms with Gasteiger partial charge in [0.1, 0.15) is 6.10 Å². The molecule has 2 aliphatic heterocycles. The third-order valence-corrected chi connectivity index (χ3v) is 6.97. The van der Waals surface area contributed by atoms with E-state index in [9.17, 15) is 4.79 Å². The van der Waals surface area contributed by atoms with Crippen LogP contribution in [0.4, 0.5) is 0 Å². The molecular formula is C12H18O2S2. The summed E-state index contributed by atoms with van der Waals surface area (Å²) in [6.07, 6.45) is 5.89. The Morgan fingerprint density at radius 1 is 1.25 bits per heavy atom. The molecule has 16 heavy (non-hydrogen) atoms. The van der Waals surface area contributed by atoms with Crippen molar-refractivity contribution in [3.63, 3.8) is 0 Å². The Labute approximate surface area is 105 Å². The van der Waals surface area contributed by atoms with Crippen LogP contribution in [0.5, 0.6) is 0 Å². The van der Waals surface area contributed by atoms with Gasteiger partial charge in [0.25, 0.3) is 0 Å². The van der Waals surface area contributed by atoms with E-state index < -0.39 is 0 Å². The molecule has 0 aromatic carbocycles. The molecule has 3 fully saturated rings. The molecule has 2 bridgehead atoms. The summed E-state index contributed by atoms with van der Waals surface area (Å²) < 4.78 is 6.24. The van der Waals surface area contributed by atoms with Crippen LogP contribution in [-0.2, 0) is 9.53 Å². The van der Waals surface area contributed by atoms with Crippen LogP contribution in [0.3, 0.4) is 0 Å². The van der Waals surface area contributed by atoms with Crippen molar-refractivity contribution in [1.29, 1.82) is 0 Å². The molecule has 1 saturated carbocycles. The number of ether oxygens (including phenoxy) is 1. The molecule has 2 nitrogen and oxygen atoms in total. The van der Waals surface area contributed by atoms with Crippen LogP contribution in [-0.4, -0.2) is 28.2 Å².